The molecule has 0 saturated carbocycles. The molecular weight excluding hydrogens is 232 g/mol. The summed E-state index contributed by atoms with van der Waals surface area (Å²) in [5, 5.41) is 3.55. The van der Waals surface area contributed by atoms with Crippen LogP contribution in [0.15, 0.2) is 30.3 Å². The molecule has 2 atom stereocenters. The lowest BCUT2D eigenvalue weighted by Crippen LogP contribution is -2.58. The highest BCUT2D eigenvalue weighted by atomic mass is 32.2. The Balaban J connectivity index is 2.25. The SMILES string of the molecule is CC1SCCCC1(Nc1ccccc1)C(N)=O. The minimum Gasteiger partial charge on any atom is -0.370 e. The van der Waals surface area contributed by atoms with Gasteiger partial charge in [-0.3, -0.25) is 4.79 Å². The number of benzene rings is 1. The van der Waals surface area contributed by atoms with E-state index < -0.39 is 5.54 Å². The van der Waals surface area contributed by atoms with Crippen LogP contribution >= 0.6 is 11.8 Å². The van der Waals surface area contributed by atoms with Crippen LogP contribution in [-0.2, 0) is 4.79 Å². The van der Waals surface area contributed by atoms with E-state index >= 15 is 0 Å². The molecule has 1 aliphatic rings. The minimum atomic E-state index is -0.607. The van der Waals surface area contributed by atoms with Crippen molar-refractivity contribution < 1.29 is 4.79 Å². The number of hydrogen-bond donors (Lipinski definition) is 2. The van der Waals surface area contributed by atoms with Gasteiger partial charge >= 0.3 is 0 Å². The van der Waals surface area contributed by atoms with Crippen molar-refractivity contribution >= 4 is 23.4 Å². The van der Waals surface area contributed by atoms with Crippen molar-refractivity contribution in [2.45, 2.75) is 30.6 Å². The quantitative estimate of drug-likeness (QED) is 0.865. The minimum absolute atomic E-state index is 0.203. The number of rotatable bonds is 3. The first-order valence-corrected chi connectivity index (χ1v) is 6.95. The Kier molecular flexibility index (Phi) is 3.62. The number of carbonyl (C=O) groups excluding carboxylic acids is 1. The summed E-state index contributed by atoms with van der Waals surface area (Å²) in [6, 6.07) is 9.81. The maximum absolute atomic E-state index is 11.8. The van der Waals surface area contributed by atoms with Gasteiger partial charge in [-0.05, 0) is 30.7 Å². The number of amides is 1. The molecule has 2 unspecified atom stereocenters. The first kappa shape index (κ1) is 12.3. The van der Waals surface area contributed by atoms with E-state index in [1.807, 2.05) is 42.1 Å². The van der Waals surface area contributed by atoms with Crippen LogP contribution in [0.4, 0.5) is 5.69 Å². The molecule has 3 nitrogen and oxygen atoms in total. The van der Waals surface area contributed by atoms with Gasteiger partial charge in [-0.1, -0.05) is 25.1 Å². The number of thioether (sulfide) groups is 1. The van der Waals surface area contributed by atoms with Gasteiger partial charge in [-0.25, -0.2) is 0 Å². The van der Waals surface area contributed by atoms with Crippen molar-refractivity contribution in [3.63, 3.8) is 0 Å². The second-order valence-corrected chi connectivity index (χ2v) is 5.89. The average Bonchev–Trinajstić information content (AvgIpc) is 2.33. The standard InChI is InChI=1S/C13H18N2OS/c1-10-13(12(14)16,8-5-9-17-10)15-11-6-3-2-4-7-11/h2-4,6-7,10,15H,5,8-9H2,1H3,(H2,14,16). The van der Waals surface area contributed by atoms with Crippen LogP contribution in [0.2, 0.25) is 0 Å². The van der Waals surface area contributed by atoms with E-state index in [1.165, 1.54) is 0 Å². The van der Waals surface area contributed by atoms with Crippen molar-refractivity contribution in [2.24, 2.45) is 5.73 Å². The van der Waals surface area contributed by atoms with E-state index in [-0.39, 0.29) is 11.2 Å². The van der Waals surface area contributed by atoms with Crippen LogP contribution < -0.4 is 11.1 Å². The molecule has 1 aromatic rings. The van der Waals surface area contributed by atoms with E-state index in [4.69, 9.17) is 5.73 Å². The summed E-state index contributed by atoms with van der Waals surface area (Å²) in [7, 11) is 0. The maximum atomic E-state index is 11.8. The molecule has 0 aromatic heterocycles. The fourth-order valence-electron chi connectivity index (χ4n) is 2.28. The van der Waals surface area contributed by atoms with Crippen LogP contribution in [0.5, 0.6) is 0 Å². The van der Waals surface area contributed by atoms with Gasteiger partial charge < -0.3 is 11.1 Å². The number of hydrogen-bond acceptors (Lipinski definition) is 3. The molecule has 1 amide bonds. The smallest absolute Gasteiger partial charge is 0.244 e. The van der Waals surface area contributed by atoms with E-state index in [0.29, 0.717) is 0 Å². The van der Waals surface area contributed by atoms with Crippen LogP contribution in [0, 0.1) is 0 Å². The van der Waals surface area contributed by atoms with Crippen LogP contribution in [0.3, 0.4) is 0 Å². The van der Waals surface area contributed by atoms with Gasteiger partial charge in [0.1, 0.15) is 5.54 Å². The van der Waals surface area contributed by atoms with E-state index in [1.54, 1.807) is 0 Å². The highest BCUT2D eigenvalue weighted by Gasteiger charge is 2.44. The predicted octanol–water partition coefficient (Wildman–Crippen LogP) is 2.24. The number of para-hydroxylation sites is 1. The molecule has 0 bridgehead atoms. The molecule has 17 heavy (non-hydrogen) atoms. The molecule has 2 rings (SSSR count). The van der Waals surface area contributed by atoms with Crippen molar-refractivity contribution in [3.8, 4) is 0 Å². The van der Waals surface area contributed by atoms with E-state index in [0.717, 1.165) is 24.3 Å². The van der Waals surface area contributed by atoms with Crippen LogP contribution in [0.1, 0.15) is 19.8 Å². The Morgan fingerprint density at radius 1 is 1.47 bits per heavy atom. The molecule has 1 heterocycles. The Bertz CT molecular complexity index is 396. The summed E-state index contributed by atoms with van der Waals surface area (Å²) in [5.41, 5.74) is 5.98. The molecule has 3 N–H and O–H groups in total. The summed E-state index contributed by atoms with van der Waals surface area (Å²) < 4.78 is 0. The zero-order valence-electron chi connectivity index (χ0n) is 9.98. The van der Waals surface area contributed by atoms with Gasteiger partial charge in [-0.15, -0.1) is 0 Å². The monoisotopic (exact) mass is 250 g/mol. The lowest BCUT2D eigenvalue weighted by molar-refractivity contribution is -0.122. The summed E-state index contributed by atoms with van der Waals surface area (Å²) in [6.07, 6.45) is 1.84. The van der Waals surface area contributed by atoms with Crippen molar-refractivity contribution in [1.82, 2.24) is 0 Å². The van der Waals surface area contributed by atoms with Crippen LogP contribution in [-0.4, -0.2) is 22.4 Å². The Hall–Kier alpha value is -1.16. The first-order chi connectivity index (χ1) is 8.15. The molecule has 4 heteroatoms. The molecule has 0 spiro atoms. The lowest BCUT2D eigenvalue weighted by atomic mass is 9.88. The Labute approximate surface area is 106 Å². The van der Waals surface area contributed by atoms with Gasteiger partial charge in [0, 0.05) is 10.9 Å². The molecular formula is C13H18N2OS. The second-order valence-electron chi connectivity index (χ2n) is 4.44. The summed E-state index contributed by atoms with van der Waals surface area (Å²) in [6.45, 7) is 2.07. The Morgan fingerprint density at radius 3 is 2.76 bits per heavy atom. The van der Waals surface area contributed by atoms with Gasteiger partial charge in [0.25, 0.3) is 0 Å². The number of nitrogens with one attached hydrogen (secondary N) is 1. The molecule has 1 saturated heterocycles. The van der Waals surface area contributed by atoms with E-state index in [2.05, 4.69) is 12.2 Å². The largest absolute Gasteiger partial charge is 0.370 e. The summed E-state index contributed by atoms with van der Waals surface area (Å²) >= 11 is 1.81. The fraction of sp³-hybridized carbons (Fsp3) is 0.462. The van der Waals surface area contributed by atoms with Crippen molar-refractivity contribution in [2.75, 3.05) is 11.1 Å². The average molecular weight is 250 g/mol. The topological polar surface area (TPSA) is 55.1 Å². The van der Waals surface area contributed by atoms with Crippen LogP contribution in [0.25, 0.3) is 0 Å². The predicted molar refractivity (Wildman–Crippen MR) is 73.1 cm³/mol. The zero-order chi connectivity index (χ0) is 12.3. The van der Waals surface area contributed by atoms with Crippen molar-refractivity contribution in [1.29, 1.82) is 0 Å². The summed E-state index contributed by atoms with van der Waals surface area (Å²) in [5.74, 6) is 0.855. The lowest BCUT2D eigenvalue weighted by Gasteiger charge is -2.40. The molecule has 92 valence electrons. The molecule has 0 aliphatic carbocycles. The van der Waals surface area contributed by atoms with Gasteiger partial charge in [0.15, 0.2) is 0 Å². The summed E-state index contributed by atoms with van der Waals surface area (Å²) in [4.78, 5) is 11.8. The fourth-order valence-corrected chi connectivity index (χ4v) is 3.53. The molecule has 1 fully saturated rings. The molecule has 1 aliphatic heterocycles. The number of primary amides is 1. The third-order valence-corrected chi connectivity index (χ3v) is 4.78. The maximum Gasteiger partial charge on any atom is 0.244 e. The third-order valence-electron chi connectivity index (χ3n) is 3.36. The zero-order valence-corrected chi connectivity index (χ0v) is 10.8. The molecule has 1 aromatic carbocycles. The number of nitrogens with two attached hydrogens (primary N) is 1. The van der Waals surface area contributed by atoms with Gasteiger partial charge in [0.2, 0.25) is 5.91 Å². The number of carbonyl (C=O) groups is 1. The second kappa shape index (κ2) is 5.00. The number of anilines is 1. The highest BCUT2D eigenvalue weighted by molar-refractivity contribution is 8.00. The Morgan fingerprint density at radius 2 is 2.18 bits per heavy atom. The normalized spacial score (nSPS) is 28.6. The van der Waals surface area contributed by atoms with Gasteiger partial charge in [-0.2, -0.15) is 11.8 Å². The first-order valence-electron chi connectivity index (χ1n) is 5.90. The third kappa shape index (κ3) is 2.41. The van der Waals surface area contributed by atoms with Gasteiger partial charge in [0.05, 0.1) is 0 Å². The highest BCUT2D eigenvalue weighted by Crippen LogP contribution is 2.36. The molecule has 0 radical (unpaired) electrons. The van der Waals surface area contributed by atoms with E-state index in [9.17, 15) is 4.79 Å². The van der Waals surface area contributed by atoms with Crippen molar-refractivity contribution in [3.05, 3.63) is 30.3 Å².